The fourth-order valence-corrected chi connectivity index (χ4v) is 1.54. The third-order valence-corrected chi connectivity index (χ3v) is 2.29. The molecular weight excluding hydrogens is 212 g/mol. The summed E-state index contributed by atoms with van der Waals surface area (Å²) in [5, 5.41) is 6.07. The molecule has 0 aromatic carbocycles. The maximum atomic E-state index is 11.7. The summed E-state index contributed by atoms with van der Waals surface area (Å²) in [6.45, 7) is 8.94. The highest BCUT2D eigenvalue weighted by Crippen LogP contribution is 2.11. The molecule has 0 aromatic heterocycles. The normalized spacial score (nSPS) is 12.9. The Labute approximate surface area is 99.8 Å². The highest BCUT2D eigenvalue weighted by molar-refractivity contribution is 5.85. The predicted octanol–water partition coefficient (Wildman–Crippen LogP) is 1.96. The summed E-state index contributed by atoms with van der Waals surface area (Å²) in [6.07, 6.45) is 2.11. The smallest absolute Gasteiger partial charge is 0.224 e. The number of carbonyl (C=O) groups is 1. The molecule has 0 heterocycles. The lowest BCUT2D eigenvalue weighted by molar-refractivity contribution is -0.126. The number of nitrogens with one attached hydrogen (secondary N) is 2. The van der Waals surface area contributed by atoms with Crippen LogP contribution in [0.1, 0.15) is 40.5 Å². The van der Waals surface area contributed by atoms with Crippen LogP contribution in [0, 0.1) is 5.92 Å². The lowest BCUT2D eigenvalue weighted by Gasteiger charge is -2.27. The molecule has 15 heavy (non-hydrogen) atoms. The first-order valence-corrected chi connectivity index (χ1v) is 5.39. The quantitative estimate of drug-likeness (QED) is 0.740. The molecule has 0 saturated heterocycles. The topological polar surface area (TPSA) is 41.1 Å². The van der Waals surface area contributed by atoms with Crippen molar-refractivity contribution in [2.45, 2.75) is 46.1 Å². The molecule has 1 amide bonds. The van der Waals surface area contributed by atoms with E-state index in [0.717, 1.165) is 19.4 Å². The van der Waals surface area contributed by atoms with Gasteiger partial charge in [-0.1, -0.05) is 20.3 Å². The number of hydrogen-bond donors (Lipinski definition) is 2. The van der Waals surface area contributed by atoms with Crippen molar-refractivity contribution < 1.29 is 4.79 Å². The Bertz CT molecular complexity index is 183. The van der Waals surface area contributed by atoms with E-state index in [1.54, 1.807) is 0 Å². The second kappa shape index (κ2) is 7.94. The van der Waals surface area contributed by atoms with Gasteiger partial charge >= 0.3 is 0 Å². The van der Waals surface area contributed by atoms with E-state index in [9.17, 15) is 4.79 Å². The Kier molecular flexibility index (Phi) is 9.07. The number of halogens is 1. The second-order valence-corrected chi connectivity index (χ2v) is 4.58. The summed E-state index contributed by atoms with van der Waals surface area (Å²) < 4.78 is 0. The molecule has 4 heteroatoms. The van der Waals surface area contributed by atoms with E-state index in [0.29, 0.717) is 0 Å². The first-order valence-electron chi connectivity index (χ1n) is 5.39. The third-order valence-electron chi connectivity index (χ3n) is 2.29. The predicted molar refractivity (Wildman–Crippen MR) is 67.5 cm³/mol. The Hall–Kier alpha value is -0.280. The maximum Gasteiger partial charge on any atom is 0.224 e. The largest absolute Gasteiger partial charge is 0.351 e. The van der Waals surface area contributed by atoms with Crippen LogP contribution in [0.3, 0.4) is 0 Å². The van der Waals surface area contributed by atoms with Crippen LogP contribution >= 0.6 is 12.4 Å². The zero-order chi connectivity index (χ0) is 11.2. The SMILES string of the molecule is CCCC(C)(C)NC(=O)C(C)CNC.Cl. The van der Waals surface area contributed by atoms with Gasteiger partial charge in [-0.05, 0) is 27.3 Å². The zero-order valence-electron chi connectivity index (χ0n) is 10.5. The van der Waals surface area contributed by atoms with Crippen LogP contribution in [-0.4, -0.2) is 25.0 Å². The molecule has 92 valence electrons. The van der Waals surface area contributed by atoms with Crippen molar-refractivity contribution in [2.75, 3.05) is 13.6 Å². The monoisotopic (exact) mass is 236 g/mol. The molecule has 1 unspecified atom stereocenters. The molecule has 1 atom stereocenters. The van der Waals surface area contributed by atoms with Gasteiger partial charge in [0, 0.05) is 18.0 Å². The van der Waals surface area contributed by atoms with Crippen LogP contribution in [0.2, 0.25) is 0 Å². The highest BCUT2D eigenvalue weighted by Gasteiger charge is 2.21. The van der Waals surface area contributed by atoms with E-state index in [1.807, 2.05) is 14.0 Å². The van der Waals surface area contributed by atoms with E-state index in [2.05, 4.69) is 31.4 Å². The minimum atomic E-state index is -0.0756. The van der Waals surface area contributed by atoms with Gasteiger partial charge in [0.25, 0.3) is 0 Å². The van der Waals surface area contributed by atoms with Gasteiger partial charge in [0.05, 0.1) is 0 Å². The molecule has 2 N–H and O–H groups in total. The summed E-state index contributed by atoms with van der Waals surface area (Å²) in [6, 6.07) is 0. The van der Waals surface area contributed by atoms with Gasteiger partial charge in [-0.25, -0.2) is 0 Å². The first kappa shape index (κ1) is 17.1. The average Bonchev–Trinajstić information content (AvgIpc) is 2.03. The fourth-order valence-electron chi connectivity index (χ4n) is 1.54. The van der Waals surface area contributed by atoms with E-state index < -0.39 is 0 Å². The highest BCUT2D eigenvalue weighted by atomic mass is 35.5. The molecule has 0 radical (unpaired) electrons. The molecule has 0 fully saturated rings. The van der Waals surface area contributed by atoms with E-state index in [4.69, 9.17) is 0 Å². The van der Waals surface area contributed by atoms with Gasteiger partial charge < -0.3 is 10.6 Å². The number of hydrogen-bond acceptors (Lipinski definition) is 2. The number of rotatable bonds is 6. The molecule has 0 aliphatic heterocycles. The van der Waals surface area contributed by atoms with Gasteiger partial charge in [-0.3, -0.25) is 4.79 Å². The maximum absolute atomic E-state index is 11.7. The lowest BCUT2D eigenvalue weighted by atomic mass is 9.97. The Morgan fingerprint density at radius 1 is 1.40 bits per heavy atom. The van der Waals surface area contributed by atoms with Gasteiger partial charge in [-0.15, -0.1) is 12.4 Å². The van der Waals surface area contributed by atoms with Crippen molar-refractivity contribution in [2.24, 2.45) is 5.92 Å². The van der Waals surface area contributed by atoms with Crippen LogP contribution in [0.25, 0.3) is 0 Å². The van der Waals surface area contributed by atoms with Gasteiger partial charge in [-0.2, -0.15) is 0 Å². The summed E-state index contributed by atoms with van der Waals surface area (Å²) in [5.74, 6) is 0.175. The van der Waals surface area contributed by atoms with Gasteiger partial charge in [0.2, 0.25) is 5.91 Å². The molecule has 0 spiro atoms. The molecular formula is C11H25ClN2O. The Balaban J connectivity index is 0. The van der Waals surface area contributed by atoms with E-state index in [-0.39, 0.29) is 29.8 Å². The van der Waals surface area contributed by atoms with Gasteiger partial charge in [0.1, 0.15) is 0 Å². The van der Waals surface area contributed by atoms with E-state index in [1.165, 1.54) is 0 Å². The molecule has 0 aliphatic rings. The Morgan fingerprint density at radius 2 is 1.93 bits per heavy atom. The van der Waals surface area contributed by atoms with Crippen LogP contribution in [0.15, 0.2) is 0 Å². The average molecular weight is 237 g/mol. The second-order valence-electron chi connectivity index (χ2n) is 4.58. The van der Waals surface area contributed by atoms with Crippen LogP contribution in [-0.2, 0) is 4.79 Å². The minimum absolute atomic E-state index is 0. The lowest BCUT2D eigenvalue weighted by Crippen LogP contribution is -2.47. The van der Waals surface area contributed by atoms with Crippen LogP contribution in [0.5, 0.6) is 0 Å². The first-order chi connectivity index (χ1) is 6.43. The Morgan fingerprint density at radius 3 is 2.33 bits per heavy atom. The van der Waals surface area contributed by atoms with Gasteiger partial charge in [0.15, 0.2) is 0 Å². The van der Waals surface area contributed by atoms with Crippen LogP contribution in [0.4, 0.5) is 0 Å². The fraction of sp³-hybridized carbons (Fsp3) is 0.909. The summed E-state index contributed by atoms with van der Waals surface area (Å²) >= 11 is 0. The third kappa shape index (κ3) is 7.63. The summed E-state index contributed by atoms with van der Waals surface area (Å²) in [7, 11) is 1.86. The van der Waals surface area contributed by atoms with E-state index >= 15 is 0 Å². The van der Waals surface area contributed by atoms with Crippen molar-refractivity contribution >= 4 is 18.3 Å². The van der Waals surface area contributed by atoms with Crippen molar-refractivity contribution in [3.8, 4) is 0 Å². The standard InChI is InChI=1S/C11H24N2O.ClH/c1-6-7-11(3,4)13-10(14)9(2)8-12-5;/h9,12H,6-8H2,1-5H3,(H,13,14);1H. The van der Waals surface area contributed by atoms with Crippen molar-refractivity contribution in [3.05, 3.63) is 0 Å². The summed E-state index contributed by atoms with van der Waals surface area (Å²) in [4.78, 5) is 11.7. The molecule has 3 nitrogen and oxygen atoms in total. The molecule has 0 aliphatic carbocycles. The summed E-state index contributed by atoms with van der Waals surface area (Å²) in [5.41, 5.74) is -0.0756. The minimum Gasteiger partial charge on any atom is -0.351 e. The number of carbonyl (C=O) groups excluding carboxylic acids is 1. The molecule has 0 saturated carbocycles. The number of amides is 1. The van der Waals surface area contributed by atoms with Crippen molar-refractivity contribution in [3.63, 3.8) is 0 Å². The molecule has 0 aromatic rings. The van der Waals surface area contributed by atoms with Crippen molar-refractivity contribution in [1.82, 2.24) is 10.6 Å². The van der Waals surface area contributed by atoms with Crippen LogP contribution < -0.4 is 10.6 Å². The zero-order valence-corrected chi connectivity index (χ0v) is 11.3. The van der Waals surface area contributed by atoms with Crippen molar-refractivity contribution in [1.29, 1.82) is 0 Å². The molecule has 0 rings (SSSR count). The molecule has 0 bridgehead atoms.